The van der Waals surface area contributed by atoms with Crippen molar-refractivity contribution in [1.29, 1.82) is 0 Å². The second kappa shape index (κ2) is 14.6. The Kier molecular flexibility index (Phi) is 8.78. The molecule has 58 heavy (non-hydrogen) atoms. The monoisotopic (exact) mass is 745 g/mol. The molecular formula is C57H47N. The van der Waals surface area contributed by atoms with Crippen LogP contribution in [-0.2, 0) is 6.42 Å². The Morgan fingerprint density at radius 2 is 0.569 bits per heavy atom. The fourth-order valence-electron chi connectivity index (χ4n) is 11.2. The van der Waals surface area contributed by atoms with Crippen molar-refractivity contribution < 1.29 is 0 Å². The maximum Gasteiger partial charge on any atom is 0.0214 e. The zero-order chi connectivity index (χ0) is 38.6. The second-order valence-electron chi connectivity index (χ2n) is 16.5. The summed E-state index contributed by atoms with van der Waals surface area (Å²) in [6.45, 7) is 0.788. The van der Waals surface area contributed by atoms with Crippen LogP contribution in [0.1, 0.15) is 93.0 Å². The molecule has 0 amide bonds. The Morgan fingerprint density at radius 1 is 0.276 bits per heavy atom. The van der Waals surface area contributed by atoms with E-state index in [2.05, 4.69) is 188 Å². The van der Waals surface area contributed by atoms with Gasteiger partial charge in [-0.15, -0.1) is 0 Å². The lowest BCUT2D eigenvalue weighted by molar-refractivity contribution is 0.671. The number of fused-ring (bicyclic) bond motifs is 12. The van der Waals surface area contributed by atoms with Crippen molar-refractivity contribution in [2.75, 3.05) is 6.54 Å². The molecule has 1 unspecified atom stereocenters. The SMILES string of the molecule is NCCCCCc1cccc2c1C(C1c3ccccc3-c3ccccc31)c1ccccc1-2.c1ccc2c(c1)-c1ccccc1C2C1c2ccccc2-c2ccccc21. The number of unbranched alkanes of at least 4 members (excludes halogenated alkanes) is 2. The molecule has 1 heteroatoms. The number of aryl methyl sites for hydroxylation is 1. The van der Waals surface area contributed by atoms with Crippen LogP contribution in [0.25, 0.3) is 44.5 Å². The van der Waals surface area contributed by atoms with E-state index in [1.54, 1.807) is 5.56 Å². The molecule has 8 aromatic rings. The number of benzene rings is 8. The van der Waals surface area contributed by atoms with Gasteiger partial charge in [-0.05, 0) is 120 Å². The van der Waals surface area contributed by atoms with Crippen molar-refractivity contribution in [3.8, 4) is 44.5 Å². The first kappa shape index (κ1) is 34.9. The fourth-order valence-corrected chi connectivity index (χ4v) is 11.2. The van der Waals surface area contributed by atoms with E-state index in [4.69, 9.17) is 5.73 Å². The predicted molar refractivity (Wildman–Crippen MR) is 241 cm³/mol. The summed E-state index contributed by atoms with van der Waals surface area (Å²) in [5.41, 5.74) is 30.3. The standard InChI is InChI=1S/C31H29N.C26H18/c32-20-9-1-2-11-21-12-10-19-25-24-15-5-8-18-28(24)31(29(21)25)30-26-16-6-3-13-22(26)23-14-4-7-17-27(23)30;1-5-13-21-17(9-1)18-10-2-6-14-22(18)25(21)26-23-15-7-3-11-19(23)20-12-4-8-16-24(20)26/h3-8,10,12-19,30-31H,1-2,9,11,20,32H2;1-16,25-26H. The van der Waals surface area contributed by atoms with Crippen LogP contribution in [0, 0.1) is 0 Å². The molecule has 4 aliphatic rings. The maximum absolute atomic E-state index is 5.75. The van der Waals surface area contributed by atoms with Gasteiger partial charge in [-0.1, -0.05) is 194 Å². The van der Waals surface area contributed by atoms with Gasteiger partial charge in [0.15, 0.2) is 0 Å². The van der Waals surface area contributed by atoms with Gasteiger partial charge >= 0.3 is 0 Å². The second-order valence-corrected chi connectivity index (χ2v) is 16.5. The highest BCUT2D eigenvalue weighted by atomic mass is 14.5. The highest BCUT2D eigenvalue weighted by molar-refractivity contribution is 5.87. The fraction of sp³-hybridized carbons (Fsp3) is 0.158. The quantitative estimate of drug-likeness (QED) is 0.162. The lowest BCUT2D eigenvalue weighted by Crippen LogP contribution is -2.12. The lowest BCUT2D eigenvalue weighted by Gasteiger charge is -2.26. The average Bonchev–Trinajstić information content (AvgIpc) is 4.01. The Hall–Kier alpha value is -6.28. The van der Waals surface area contributed by atoms with E-state index >= 15 is 0 Å². The van der Waals surface area contributed by atoms with Crippen molar-refractivity contribution in [3.05, 3.63) is 238 Å². The summed E-state index contributed by atoms with van der Waals surface area (Å²) in [6, 6.07) is 69.9. The summed E-state index contributed by atoms with van der Waals surface area (Å²) in [5, 5.41) is 0. The van der Waals surface area contributed by atoms with Crippen molar-refractivity contribution in [2.24, 2.45) is 5.73 Å². The van der Waals surface area contributed by atoms with Gasteiger partial charge in [0.25, 0.3) is 0 Å². The first-order chi connectivity index (χ1) is 28.8. The highest BCUT2D eigenvalue weighted by Crippen LogP contribution is 2.60. The molecule has 4 aliphatic carbocycles. The minimum atomic E-state index is 0.356. The van der Waals surface area contributed by atoms with Gasteiger partial charge in [0.2, 0.25) is 0 Å². The molecular weight excluding hydrogens is 699 g/mol. The third-order valence-corrected chi connectivity index (χ3v) is 13.6. The summed E-state index contributed by atoms with van der Waals surface area (Å²) in [5.74, 6) is 1.48. The van der Waals surface area contributed by atoms with E-state index < -0.39 is 0 Å². The summed E-state index contributed by atoms with van der Waals surface area (Å²) in [7, 11) is 0. The van der Waals surface area contributed by atoms with Gasteiger partial charge in [0.05, 0.1) is 0 Å². The lowest BCUT2D eigenvalue weighted by atomic mass is 9.77. The Balaban J connectivity index is 0.000000136. The van der Waals surface area contributed by atoms with Crippen LogP contribution >= 0.6 is 0 Å². The number of rotatable bonds is 7. The van der Waals surface area contributed by atoms with E-state index in [9.17, 15) is 0 Å². The number of hydrogen-bond donors (Lipinski definition) is 1. The van der Waals surface area contributed by atoms with Crippen LogP contribution < -0.4 is 5.73 Å². The molecule has 0 bridgehead atoms. The van der Waals surface area contributed by atoms with Gasteiger partial charge in [-0.2, -0.15) is 0 Å². The van der Waals surface area contributed by atoms with E-state index in [1.807, 2.05) is 0 Å². The molecule has 0 radical (unpaired) electrons. The highest BCUT2D eigenvalue weighted by Gasteiger charge is 2.42. The Labute approximate surface area is 342 Å². The topological polar surface area (TPSA) is 26.0 Å². The zero-order valence-corrected chi connectivity index (χ0v) is 32.8. The van der Waals surface area contributed by atoms with Gasteiger partial charge in [-0.3, -0.25) is 0 Å². The van der Waals surface area contributed by atoms with Crippen molar-refractivity contribution in [1.82, 2.24) is 0 Å². The third-order valence-electron chi connectivity index (χ3n) is 13.6. The van der Waals surface area contributed by atoms with Crippen LogP contribution in [-0.4, -0.2) is 6.54 Å². The van der Waals surface area contributed by atoms with Gasteiger partial charge in [0.1, 0.15) is 0 Å². The maximum atomic E-state index is 5.75. The van der Waals surface area contributed by atoms with Gasteiger partial charge < -0.3 is 5.73 Å². The molecule has 280 valence electrons. The molecule has 1 nitrogen and oxygen atoms in total. The van der Waals surface area contributed by atoms with E-state index in [1.165, 1.54) is 102 Å². The number of nitrogens with two attached hydrogens (primary N) is 1. The molecule has 8 aromatic carbocycles. The van der Waals surface area contributed by atoms with Crippen molar-refractivity contribution in [2.45, 2.75) is 49.4 Å². The van der Waals surface area contributed by atoms with Crippen LogP contribution in [0.3, 0.4) is 0 Å². The van der Waals surface area contributed by atoms with Crippen LogP contribution in [0.4, 0.5) is 0 Å². The van der Waals surface area contributed by atoms with E-state index in [0.717, 1.165) is 19.4 Å². The predicted octanol–water partition coefficient (Wildman–Crippen LogP) is 13.9. The van der Waals surface area contributed by atoms with Gasteiger partial charge in [-0.25, -0.2) is 0 Å². The minimum absolute atomic E-state index is 0.356. The molecule has 2 N–H and O–H groups in total. The molecule has 0 aromatic heterocycles. The molecule has 12 rings (SSSR count). The Bertz CT molecular complexity index is 2600. The molecule has 0 spiro atoms. The first-order valence-corrected chi connectivity index (χ1v) is 21.3. The first-order valence-electron chi connectivity index (χ1n) is 21.3. The Morgan fingerprint density at radius 3 is 0.931 bits per heavy atom. The third kappa shape index (κ3) is 5.48. The molecule has 0 fully saturated rings. The summed E-state index contributed by atoms with van der Waals surface area (Å²) in [4.78, 5) is 0. The van der Waals surface area contributed by atoms with Crippen LogP contribution in [0.2, 0.25) is 0 Å². The van der Waals surface area contributed by atoms with Crippen LogP contribution in [0.5, 0.6) is 0 Å². The van der Waals surface area contributed by atoms with Crippen molar-refractivity contribution >= 4 is 0 Å². The smallest absolute Gasteiger partial charge is 0.0214 e. The van der Waals surface area contributed by atoms with Crippen LogP contribution in [0.15, 0.2) is 188 Å². The summed E-state index contributed by atoms with van der Waals surface area (Å²) in [6.07, 6.45) is 4.65. The van der Waals surface area contributed by atoms with Gasteiger partial charge in [0, 0.05) is 23.7 Å². The average molecular weight is 746 g/mol. The largest absolute Gasteiger partial charge is 0.330 e. The molecule has 0 aliphatic heterocycles. The summed E-state index contributed by atoms with van der Waals surface area (Å²) >= 11 is 0. The number of hydrogen-bond acceptors (Lipinski definition) is 1. The molecule has 0 saturated carbocycles. The zero-order valence-electron chi connectivity index (χ0n) is 32.8. The minimum Gasteiger partial charge on any atom is -0.330 e. The van der Waals surface area contributed by atoms with E-state index in [0.29, 0.717) is 23.7 Å². The van der Waals surface area contributed by atoms with E-state index in [-0.39, 0.29) is 0 Å². The summed E-state index contributed by atoms with van der Waals surface area (Å²) < 4.78 is 0. The van der Waals surface area contributed by atoms with Crippen molar-refractivity contribution in [3.63, 3.8) is 0 Å². The normalized spacial score (nSPS) is 15.3. The molecule has 0 heterocycles. The molecule has 0 saturated heterocycles. The molecule has 1 atom stereocenters.